The fourth-order valence-electron chi connectivity index (χ4n) is 7.82. The SMILES string of the molecule is O=S(=O)(O)C(F)(c1ccc(C2CCCCC2)cc1)C(F)C1CC2CCC1([S+](c1ccccc1)c1ccccc1)C2. The maximum absolute atomic E-state index is 17.0. The molecule has 3 fully saturated rings. The topological polar surface area (TPSA) is 54.4 Å². The van der Waals surface area contributed by atoms with Crippen LogP contribution in [0, 0.1) is 11.8 Å². The van der Waals surface area contributed by atoms with Crippen LogP contribution in [0.5, 0.6) is 0 Å². The van der Waals surface area contributed by atoms with Crippen LogP contribution in [0.4, 0.5) is 8.78 Å². The Labute approximate surface area is 239 Å². The van der Waals surface area contributed by atoms with Crippen LogP contribution in [0.1, 0.15) is 74.8 Å². The molecule has 1 N–H and O–H groups in total. The molecule has 40 heavy (non-hydrogen) atoms. The van der Waals surface area contributed by atoms with Crippen LogP contribution in [0.15, 0.2) is 94.7 Å². The minimum absolute atomic E-state index is 0.199. The summed E-state index contributed by atoms with van der Waals surface area (Å²) in [6, 6.07) is 26.1. The molecule has 3 aliphatic rings. The number of rotatable bonds is 8. The van der Waals surface area contributed by atoms with Crippen LogP contribution in [0.3, 0.4) is 0 Å². The zero-order chi connectivity index (χ0) is 28.0. The van der Waals surface area contributed by atoms with Crippen LogP contribution in [0.2, 0.25) is 0 Å². The molecule has 0 radical (unpaired) electrons. The molecule has 2 bridgehead atoms. The zero-order valence-electron chi connectivity index (χ0n) is 22.6. The first-order valence-electron chi connectivity index (χ1n) is 14.5. The van der Waals surface area contributed by atoms with Gasteiger partial charge in [0, 0.05) is 17.9 Å². The molecule has 0 aromatic heterocycles. The standard InChI is InChI=1S/C33H36F2O3S2/c34-31(33(35,40(36,37)38)27-18-16-26(17-19-27)25-10-4-1-5-11-25)30-22-24-20-21-32(30,23-24)39(28-12-6-2-7-13-28)29-14-8-3-9-15-29/h2-3,6-9,12-19,24-25,30-31H,1,4-5,10-11,20-23H2/p+1. The first-order valence-corrected chi connectivity index (χ1v) is 17.2. The van der Waals surface area contributed by atoms with Crippen molar-refractivity contribution in [3.8, 4) is 0 Å². The number of fused-ring (bicyclic) bond motifs is 2. The number of alkyl halides is 2. The summed E-state index contributed by atoms with van der Waals surface area (Å²) in [5.41, 5.74) is 0.696. The zero-order valence-corrected chi connectivity index (χ0v) is 24.2. The summed E-state index contributed by atoms with van der Waals surface area (Å²) in [7, 11) is -6.03. The van der Waals surface area contributed by atoms with Gasteiger partial charge in [-0.15, -0.1) is 0 Å². The second kappa shape index (κ2) is 10.9. The van der Waals surface area contributed by atoms with Crippen LogP contribution in [0.25, 0.3) is 0 Å². The molecule has 0 spiro atoms. The molecular weight excluding hydrogens is 546 g/mol. The van der Waals surface area contributed by atoms with Crippen molar-refractivity contribution in [1.82, 2.24) is 0 Å². The van der Waals surface area contributed by atoms with E-state index in [1.807, 2.05) is 60.7 Å². The third-order valence-corrected chi connectivity index (χ3v) is 13.9. The highest BCUT2D eigenvalue weighted by atomic mass is 32.2. The summed E-state index contributed by atoms with van der Waals surface area (Å²) in [6.07, 6.45) is 5.86. The van der Waals surface area contributed by atoms with Gasteiger partial charge in [0.05, 0.1) is 10.9 Å². The van der Waals surface area contributed by atoms with E-state index in [4.69, 9.17) is 0 Å². The van der Waals surface area contributed by atoms with E-state index in [9.17, 15) is 13.0 Å². The van der Waals surface area contributed by atoms with Gasteiger partial charge in [0.15, 0.2) is 16.0 Å². The maximum Gasteiger partial charge on any atom is 0.307 e. The van der Waals surface area contributed by atoms with Crippen LogP contribution in [-0.4, -0.2) is 23.9 Å². The lowest BCUT2D eigenvalue weighted by molar-refractivity contribution is 0.0497. The van der Waals surface area contributed by atoms with E-state index in [2.05, 4.69) is 0 Å². The molecule has 3 aromatic rings. The largest absolute Gasteiger partial charge is 0.307 e. The Morgan fingerprint density at radius 3 is 1.95 bits per heavy atom. The number of hydrogen-bond acceptors (Lipinski definition) is 2. The number of benzene rings is 3. The van der Waals surface area contributed by atoms with E-state index >= 15 is 8.78 Å². The summed E-state index contributed by atoms with van der Waals surface area (Å²) in [5, 5.41) is -3.54. The lowest BCUT2D eigenvalue weighted by atomic mass is 9.80. The molecule has 0 amide bonds. The normalized spacial score (nSPS) is 27.5. The van der Waals surface area contributed by atoms with E-state index in [-0.39, 0.29) is 11.5 Å². The van der Waals surface area contributed by atoms with Crippen molar-refractivity contribution in [2.75, 3.05) is 0 Å². The second-order valence-electron chi connectivity index (χ2n) is 11.9. The van der Waals surface area contributed by atoms with Gasteiger partial charge >= 0.3 is 10.1 Å². The van der Waals surface area contributed by atoms with Gasteiger partial charge in [-0.1, -0.05) is 79.9 Å². The van der Waals surface area contributed by atoms with Crippen molar-refractivity contribution in [2.24, 2.45) is 11.8 Å². The Balaban J connectivity index is 1.42. The summed E-state index contributed by atoms with van der Waals surface area (Å²) >= 11 is 0. The summed E-state index contributed by atoms with van der Waals surface area (Å²) in [4.78, 5) is 2.09. The molecule has 3 aromatic carbocycles. The van der Waals surface area contributed by atoms with E-state index in [1.54, 1.807) is 12.1 Å². The van der Waals surface area contributed by atoms with Gasteiger partial charge < -0.3 is 0 Å². The third kappa shape index (κ3) is 4.72. The quantitative estimate of drug-likeness (QED) is 0.214. The molecule has 3 nitrogen and oxygen atoms in total. The highest BCUT2D eigenvalue weighted by Crippen LogP contribution is 2.63. The number of halogens is 2. The van der Waals surface area contributed by atoms with E-state index in [1.165, 1.54) is 18.6 Å². The average Bonchev–Trinajstić information content (AvgIpc) is 3.57. The van der Waals surface area contributed by atoms with Crippen molar-refractivity contribution in [2.45, 2.75) is 89.4 Å². The lowest BCUT2D eigenvalue weighted by Crippen LogP contribution is -2.53. The van der Waals surface area contributed by atoms with Crippen LogP contribution >= 0.6 is 0 Å². The maximum atomic E-state index is 17.0. The van der Waals surface area contributed by atoms with Crippen LogP contribution in [-0.2, 0) is 26.0 Å². The Morgan fingerprint density at radius 2 is 1.43 bits per heavy atom. The average molecular weight is 584 g/mol. The minimum Gasteiger partial charge on any atom is -0.283 e. The van der Waals surface area contributed by atoms with Crippen molar-refractivity contribution in [3.63, 3.8) is 0 Å². The fourth-order valence-corrected chi connectivity index (χ4v) is 12.0. The van der Waals surface area contributed by atoms with Gasteiger partial charge in [0.1, 0.15) is 4.75 Å². The number of hydrogen-bond donors (Lipinski definition) is 1. The van der Waals surface area contributed by atoms with E-state index in [0.717, 1.165) is 47.5 Å². The predicted octanol–water partition coefficient (Wildman–Crippen LogP) is 8.38. The molecule has 3 saturated carbocycles. The minimum atomic E-state index is -5.43. The molecule has 212 valence electrons. The van der Waals surface area contributed by atoms with Gasteiger partial charge in [-0.25, -0.2) is 8.78 Å². The van der Waals surface area contributed by atoms with Crippen molar-refractivity contribution in [3.05, 3.63) is 96.1 Å². The Kier molecular flexibility index (Phi) is 7.60. The van der Waals surface area contributed by atoms with Crippen molar-refractivity contribution >= 4 is 21.0 Å². The molecule has 0 aliphatic heterocycles. The Hall–Kier alpha value is -2.22. The molecular formula is C33H37F2O3S2+. The Morgan fingerprint density at radius 1 is 0.850 bits per heavy atom. The third-order valence-electron chi connectivity index (χ3n) is 9.70. The van der Waals surface area contributed by atoms with E-state index < -0.39 is 42.9 Å². The van der Waals surface area contributed by atoms with Crippen molar-refractivity contribution in [1.29, 1.82) is 0 Å². The Bertz CT molecular complexity index is 1370. The summed E-state index contributed by atoms with van der Waals surface area (Å²) < 4.78 is 69.3. The highest BCUT2D eigenvalue weighted by molar-refractivity contribution is 7.98. The highest BCUT2D eigenvalue weighted by Gasteiger charge is 2.70. The molecule has 5 atom stereocenters. The van der Waals surface area contributed by atoms with Crippen LogP contribution < -0.4 is 0 Å². The first kappa shape index (κ1) is 27.9. The fraction of sp³-hybridized carbons (Fsp3) is 0.455. The van der Waals surface area contributed by atoms with Gasteiger partial charge in [0.25, 0.3) is 5.00 Å². The first-order chi connectivity index (χ1) is 19.2. The molecule has 6 rings (SSSR count). The van der Waals surface area contributed by atoms with Gasteiger partial charge in [-0.3, -0.25) is 4.55 Å². The van der Waals surface area contributed by atoms with E-state index in [0.29, 0.717) is 25.2 Å². The molecule has 5 unspecified atom stereocenters. The molecule has 3 aliphatic carbocycles. The van der Waals surface area contributed by atoms with Gasteiger partial charge in [-0.05, 0) is 73.8 Å². The summed E-state index contributed by atoms with van der Waals surface area (Å²) in [6.45, 7) is 0. The smallest absolute Gasteiger partial charge is 0.283 e. The van der Waals surface area contributed by atoms with Gasteiger partial charge in [-0.2, -0.15) is 8.42 Å². The molecule has 7 heteroatoms. The second-order valence-corrected chi connectivity index (χ2v) is 15.8. The van der Waals surface area contributed by atoms with Crippen molar-refractivity contribution < 1.29 is 21.8 Å². The molecule has 0 saturated heterocycles. The predicted molar refractivity (Wildman–Crippen MR) is 156 cm³/mol. The monoisotopic (exact) mass is 583 g/mol. The summed E-state index contributed by atoms with van der Waals surface area (Å²) in [5.74, 6) is -0.318. The van der Waals surface area contributed by atoms with Gasteiger partial charge in [0.2, 0.25) is 0 Å². The molecule has 0 heterocycles. The lowest BCUT2D eigenvalue weighted by Gasteiger charge is -2.39.